The van der Waals surface area contributed by atoms with Gasteiger partial charge < -0.3 is 9.15 Å². The van der Waals surface area contributed by atoms with Crippen LogP contribution in [0.25, 0.3) is 0 Å². The third-order valence-electron chi connectivity index (χ3n) is 4.03. The summed E-state index contributed by atoms with van der Waals surface area (Å²) in [6.07, 6.45) is 1.57. The maximum absolute atomic E-state index is 12.4. The van der Waals surface area contributed by atoms with Crippen molar-refractivity contribution in [2.45, 2.75) is 13.2 Å². The molecular weight excluding hydrogens is 436 g/mol. The predicted octanol–water partition coefficient (Wildman–Crippen LogP) is 4.51. The minimum absolute atomic E-state index is 0.166. The first-order valence-electron chi connectivity index (χ1n) is 8.87. The first-order chi connectivity index (χ1) is 14.2. The van der Waals surface area contributed by atoms with E-state index in [0.717, 1.165) is 10.0 Å². The number of halogens is 1. The zero-order valence-electron chi connectivity index (χ0n) is 15.3. The molecule has 0 saturated heterocycles. The van der Waals surface area contributed by atoms with Crippen molar-refractivity contribution in [3.63, 3.8) is 0 Å². The molecular formula is C21H17BrN4O3. The van der Waals surface area contributed by atoms with Crippen LogP contribution in [0, 0.1) is 0 Å². The SMILES string of the molecule is O=C(Nc1ncn(Cc2ccccc2)n1)c1ccc(COc2ccc(Br)cc2)o1. The van der Waals surface area contributed by atoms with E-state index in [2.05, 4.69) is 31.3 Å². The zero-order valence-corrected chi connectivity index (χ0v) is 16.9. The molecule has 2 aromatic carbocycles. The molecule has 0 spiro atoms. The van der Waals surface area contributed by atoms with Crippen molar-refractivity contribution in [2.75, 3.05) is 5.32 Å². The van der Waals surface area contributed by atoms with Crippen molar-refractivity contribution in [1.82, 2.24) is 14.8 Å². The Labute approximate surface area is 175 Å². The van der Waals surface area contributed by atoms with Gasteiger partial charge in [0.1, 0.15) is 24.4 Å². The summed E-state index contributed by atoms with van der Waals surface area (Å²) >= 11 is 3.38. The van der Waals surface area contributed by atoms with Gasteiger partial charge in [-0.05, 0) is 42.0 Å². The minimum Gasteiger partial charge on any atom is -0.486 e. The van der Waals surface area contributed by atoms with Gasteiger partial charge in [-0.3, -0.25) is 10.1 Å². The van der Waals surface area contributed by atoms with Crippen LogP contribution in [0.4, 0.5) is 5.95 Å². The number of nitrogens with zero attached hydrogens (tertiary/aromatic N) is 3. The maximum Gasteiger partial charge on any atom is 0.293 e. The average Bonchev–Trinajstić information content (AvgIpc) is 3.38. The standard InChI is InChI=1S/C21H17BrN4O3/c22-16-6-8-17(9-7-16)28-13-18-10-11-19(29-18)20(27)24-21-23-14-26(25-21)12-15-4-2-1-3-5-15/h1-11,14H,12-13H2,(H,24,25,27). The van der Waals surface area contributed by atoms with Gasteiger partial charge >= 0.3 is 0 Å². The van der Waals surface area contributed by atoms with Crippen LogP contribution in [-0.4, -0.2) is 20.7 Å². The molecule has 0 aliphatic rings. The van der Waals surface area contributed by atoms with Crippen molar-refractivity contribution >= 4 is 27.8 Å². The smallest absolute Gasteiger partial charge is 0.293 e. The van der Waals surface area contributed by atoms with Crippen molar-refractivity contribution in [2.24, 2.45) is 0 Å². The Hall–Kier alpha value is -3.39. The zero-order chi connectivity index (χ0) is 20.1. The summed E-state index contributed by atoms with van der Waals surface area (Å²) in [5.41, 5.74) is 1.09. The third kappa shape index (κ3) is 5.11. The van der Waals surface area contributed by atoms with Crippen molar-refractivity contribution in [3.05, 3.63) is 94.6 Å². The number of rotatable bonds is 7. The number of benzene rings is 2. The van der Waals surface area contributed by atoms with Crippen LogP contribution in [0.15, 0.2) is 81.9 Å². The largest absolute Gasteiger partial charge is 0.486 e. The van der Waals surface area contributed by atoms with E-state index in [1.54, 1.807) is 23.1 Å². The van der Waals surface area contributed by atoms with Crippen LogP contribution in [0.2, 0.25) is 0 Å². The normalized spacial score (nSPS) is 10.7. The number of aromatic nitrogens is 3. The predicted molar refractivity (Wildman–Crippen MR) is 111 cm³/mol. The van der Waals surface area contributed by atoms with E-state index in [-0.39, 0.29) is 18.3 Å². The lowest BCUT2D eigenvalue weighted by atomic mass is 10.2. The quantitative estimate of drug-likeness (QED) is 0.445. The molecule has 0 saturated carbocycles. The lowest BCUT2D eigenvalue weighted by Crippen LogP contribution is -2.12. The number of amides is 1. The van der Waals surface area contributed by atoms with Crippen molar-refractivity contribution < 1.29 is 13.9 Å². The third-order valence-corrected chi connectivity index (χ3v) is 4.56. The Bertz CT molecular complexity index is 1090. The fraction of sp³-hybridized carbons (Fsp3) is 0.0952. The Morgan fingerprint density at radius 1 is 1.07 bits per heavy atom. The highest BCUT2D eigenvalue weighted by Gasteiger charge is 2.14. The number of furan rings is 1. The Kier molecular flexibility index (Phi) is 5.71. The van der Waals surface area contributed by atoms with E-state index in [0.29, 0.717) is 18.1 Å². The Balaban J connectivity index is 1.32. The van der Waals surface area contributed by atoms with Gasteiger partial charge in [-0.2, -0.15) is 0 Å². The number of carbonyl (C=O) groups excluding carboxylic acids is 1. The number of ether oxygens (including phenoxy) is 1. The van der Waals surface area contributed by atoms with E-state index in [4.69, 9.17) is 9.15 Å². The van der Waals surface area contributed by atoms with Gasteiger partial charge in [0.15, 0.2) is 5.76 Å². The molecule has 1 amide bonds. The number of carbonyl (C=O) groups is 1. The van der Waals surface area contributed by atoms with Crippen LogP contribution < -0.4 is 10.1 Å². The molecule has 1 N–H and O–H groups in total. The second-order valence-corrected chi connectivity index (χ2v) is 7.13. The highest BCUT2D eigenvalue weighted by molar-refractivity contribution is 9.10. The molecule has 2 heterocycles. The van der Waals surface area contributed by atoms with Gasteiger partial charge in [0, 0.05) is 4.47 Å². The summed E-state index contributed by atoms with van der Waals surface area (Å²) in [5, 5.41) is 6.90. The Morgan fingerprint density at radius 2 is 1.86 bits per heavy atom. The highest BCUT2D eigenvalue weighted by Crippen LogP contribution is 2.18. The Morgan fingerprint density at radius 3 is 2.66 bits per heavy atom. The number of nitrogens with one attached hydrogen (secondary N) is 1. The topological polar surface area (TPSA) is 82.2 Å². The number of anilines is 1. The monoisotopic (exact) mass is 452 g/mol. The molecule has 7 nitrogen and oxygen atoms in total. The van der Waals surface area contributed by atoms with Crippen LogP contribution in [0.3, 0.4) is 0 Å². The maximum atomic E-state index is 12.4. The highest BCUT2D eigenvalue weighted by atomic mass is 79.9. The summed E-state index contributed by atoms with van der Waals surface area (Å²) in [5.74, 6) is 1.22. The molecule has 0 atom stereocenters. The van der Waals surface area contributed by atoms with Crippen LogP contribution in [0.1, 0.15) is 21.9 Å². The van der Waals surface area contributed by atoms with Gasteiger partial charge in [0.05, 0.1) is 6.54 Å². The minimum atomic E-state index is -0.419. The van der Waals surface area contributed by atoms with Gasteiger partial charge in [0.2, 0.25) is 5.95 Å². The molecule has 0 aliphatic heterocycles. The fourth-order valence-electron chi connectivity index (χ4n) is 2.62. The second-order valence-electron chi connectivity index (χ2n) is 6.21. The van der Waals surface area contributed by atoms with Gasteiger partial charge in [-0.1, -0.05) is 46.3 Å². The second kappa shape index (κ2) is 8.74. The molecule has 2 aromatic heterocycles. The molecule has 29 heavy (non-hydrogen) atoms. The van der Waals surface area contributed by atoms with Crippen molar-refractivity contribution in [1.29, 1.82) is 0 Å². The molecule has 0 bridgehead atoms. The average molecular weight is 453 g/mol. The molecule has 4 aromatic rings. The fourth-order valence-corrected chi connectivity index (χ4v) is 2.89. The van der Waals surface area contributed by atoms with E-state index in [1.165, 1.54) is 0 Å². The first-order valence-corrected chi connectivity index (χ1v) is 9.67. The molecule has 0 aliphatic carbocycles. The molecule has 0 radical (unpaired) electrons. The van der Waals surface area contributed by atoms with Gasteiger partial charge in [0.25, 0.3) is 5.91 Å². The number of hydrogen-bond donors (Lipinski definition) is 1. The van der Waals surface area contributed by atoms with E-state index in [1.807, 2.05) is 54.6 Å². The van der Waals surface area contributed by atoms with E-state index in [9.17, 15) is 4.79 Å². The summed E-state index contributed by atoms with van der Waals surface area (Å²) in [7, 11) is 0. The van der Waals surface area contributed by atoms with Crippen LogP contribution in [0.5, 0.6) is 5.75 Å². The summed E-state index contributed by atoms with van der Waals surface area (Å²) in [4.78, 5) is 16.5. The first kappa shape index (κ1) is 18.9. The lowest BCUT2D eigenvalue weighted by molar-refractivity contribution is 0.0991. The van der Waals surface area contributed by atoms with E-state index < -0.39 is 5.91 Å². The summed E-state index contributed by atoms with van der Waals surface area (Å²) in [6, 6.07) is 20.6. The van der Waals surface area contributed by atoms with Gasteiger partial charge in [-0.15, -0.1) is 5.10 Å². The van der Waals surface area contributed by atoms with Crippen molar-refractivity contribution in [3.8, 4) is 5.75 Å². The van der Waals surface area contributed by atoms with Crippen LogP contribution in [-0.2, 0) is 13.2 Å². The van der Waals surface area contributed by atoms with Crippen LogP contribution >= 0.6 is 15.9 Å². The molecule has 0 fully saturated rings. The molecule has 8 heteroatoms. The number of hydrogen-bond acceptors (Lipinski definition) is 5. The lowest BCUT2D eigenvalue weighted by Gasteiger charge is -2.04. The summed E-state index contributed by atoms with van der Waals surface area (Å²) in [6.45, 7) is 0.793. The van der Waals surface area contributed by atoms with Gasteiger partial charge in [-0.25, -0.2) is 9.67 Å². The van der Waals surface area contributed by atoms with E-state index >= 15 is 0 Å². The molecule has 4 rings (SSSR count). The molecule has 0 unspecified atom stereocenters. The molecule has 146 valence electrons. The summed E-state index contributed by atoms with van der Waals surface area (Å²) < 4.78 is 13.8.